The molecular formula is C18H25N3O3. The Kier molecular flexibility index (Phi) is 5.26. The van der Waals surface area contributed by atoms with E-state index in [0.29, 0.717) is 5.69 Å². The molecule has 0 aromatic carbocycles. The molecule has 0 spiro atoms. The van der Waals surface area contributed by atoms with Gasteiger partial charge in [0.1, 0.15) is 5.54 Å². The Morgan fingerprint density at radius 2 is 2.08 bits per heavy atom. The maximum absolute atomic E-state index is 13.0. The second kappa shape index (κ2) is 7.03. The molecule has 1 aliphatic rings. The average molecular weight is 331 g/mol. The van der Waals surface area contributed by atoms with Crippen molar-refractivity contribution in [1.82, 2.24) is 14.8 Å². The molecule has 1 aromatic heterocycles. The van der Waals surface area contributed by atoms with E-state index in [-0.39, 0.29) is 18.2 Å². The van der Waals surface area contributed by atoms with E-state index in [1.165, 1.54) is 4.90 Å². The van der Waals surface area contributed by atoms with Crippen molar-refractivity contribution >= 4 is 17.7 Å². The zero-order chi connectivity index (χ0) is 17.9. The van der Waals surface area contributed by atoms with Gasteiger partial charge in [-0.05, 0) is 44.4 Å². The molecule has 2 heterocycles. The molecule has 24 heavy (non-hydrogen) atoms. The molecule has 130 valence electrons. The third-order valence-corrected chi connectivity index (χ3v) is 4.82. The van der Waals surface area contributed by atoms with Crippen LogP contribution in [0.5, 0.6) is 0 Å². The van der Waals surface area contributed by atoms with Crippen LogP contribution >= 0.6 is 0 Å². The number of carbonyl (C=O) groups is 3. The van der Waals surface area contributed by atoms with E-state index in [0.717, 1.165) is 29.7 Å². The third kappa shape index (κ3) is 2.88. The summed E-state index contributed by atoms with van der Waals surface area (Å²) in [5.41, 5.74) is 0.293. The summed E-state index contributed by atoms with van der Waals surface area (Å²) in [5.74, 6) is -0.617. The van der Waals surface area contributed by atoms with Crippen molar-refractivity contribution in [2.24, 2.45) is 0 Å². The molecule has 3 amide bonds. The van der Waals surface area contributed by atoms with Crippen molar-refractivity contribution in [1.29, 1.82) is 0 Å². The Morgan fingerprint density at radius 3 is 2.62 bits per heavy atom. The van der Waals surface area contributed by atoms with Crippen molar-refractivity contribution in [2.75, 3.05) is 13.6 Å². The average Bonchev–Trinajstić information content (AvgIpc) is 3.16. The first-order valence-electron chi connectivity index (χ1n) is 8.29. The largest absolute Gasteiger partial charge is 0.359 e. The van der Waals surface area contributed by atoms with Crippen molar-refractivity contribution < 1.29 is 14.4 Å². The summed E-state index contributed by atoms with van der Waals surface area (Å²) < 4.78 is 0. The number of likely N-dealkylation sites (N-methyl/N-ethyl adjacent to an activating group) is 1. The highest BCUT2D eigenvalue weighted by Crippen LogP contribution is 2.35. The first-order valence-corrected chi connectivity index (χ1v) is 8.29. The molecule has 1 N–H and O–H groups in total. The number of rotatable bonds is 7. The number of allylic oxidation sites excluding steroid dienone is 1. The van der Waals surface area contributed by atoms with Gasteiger partial charge in [-0.25, -0.2) is 4.79 Å². The van der Waals surface area contributed by atoms with Crippen LogP contribution in [0.4, 0.5) is 4.79 Å². The maximum atomic E-state index is 13.0. The molecule has 0 radical (unpaired) electrons. The van der Waals surface area contributed by atoms with E-state index in [4.69, 9.17) is 0 Å². The minimum absolute atomic E-state index is 0.247. The summed E-state index contributed by atoms with van der Waals surface area (Å²) in [6, 6.07) is 2.91. The number of nitrogens with zero attached hydrogens (tertiary/aromatic N) is 2. The Hall–Kier alpha value is -2.37. The topological polar surface area (TPSA) is 73.5 Å². The van der Waals surface area contributed by atoms with Crippen LogP contribution in [0.3, 0.4) is 0 Å². The minimum Gasteiger partial charge on any atom is -0.359 e. The lowest BCUT2D eigenvalue weighted by molar-refractivity contribution is -0.130. The Bertz CT molecular complexity index is 663. The fourth-order valence-corrected chi connectivity index (χ4v) is 3.13. The monoisotopic (exact) mass is 331 g/mol. The number of aromatic nitrogens is 1. The van der Waals surface area contributed by atoms with Crippen LogP contribution in [0.25, 0.3) is 0 Å². The minimum atomic E-state index is -1.02. The zero-order valence-corrected chi connectivity index (χ0v) is 14.8. The molecule has 1 aromatic rings. The van der Waals surface area contributed by atoms with E-state index in [2.05, 4.69) is 11.9 Å². The number of Topliss-reactive ketones (excluding diaryl/α,β-unsaturated/α-hetero) is 1. The highest BCUT2D eigenvalue weighted by Gasteiger charge is 2.54. The predicted molar refractivity (Wildman–Crippen MR) is 91.7 cm³/mol. The second-order valence-electron chi connectivity index (χ2n) is 6.23. The Labute approximate surface area is 142 Å². The Morgan fingerprint density at radius 1 is 1.38 bits per heavy atom. The lowest BCUT2D eigenvalue weighted by atomic mass is 9.86. The smallest absolute Gasteiger partial charge is 0.328 e. The molecule has 1 aliphatic heterocycles. The number of H-pyrrole nitrogens is 1. The maximum Gasteiger partial charge on any atom is 0.328 e. The Balaban J connectivity index is 2.26. The number of aromatic amines is 1. The van der Waals surface area contributed by atoms with Crippen LogP contribution in [-0.2, 0) is 4.79 Å². The van der Waals surface area contributed by atoms with E-state index < -0.39 is 11.6 Å². The van der Waals surface area contributed by atoms with Gasteiger partial charge in [0.2, 0.25) is 0 Å². The summed E-state index contributed by atoms with van der Waals surface area (Å²) in [5, 5.41) is 0. The van der Waals surface area contributed by atoms with Gasteiger partial charge < -0.3 is 9.88 Å². The standard InChI is InChI=1S/C18H25N3O3/c1-5-7-9-13(6-2)18(3)16(23)21(17(24)20(18)4)12-15(22)14-10-8-11-19-14/h6,8,10-11,19H,5,7,9,12H2,1-4H3/b13-6+. The molecule has 1 atom stereocenters. The molecule has 0 saturated carbocycles. The fourth-order valence-electron chi connectivity index (χ4n) is 3.13. The molecule has 6 nitrogen and oxygen atoms in total. The molecule has 2 rings (SSSR count). The van der Waals surface area contributed by atoms with Gasteiger partial charge >= 0.3 is 6.03 Å². The number of imide groups is 1. The van der Waals surface area contributed by atoms with Gasteiger partial charge in [-0.3, -0.25) is 14.5 Å². The van der Waals surface area contributed by atoms with Crippen molar-refractivity contribution in [3.8, 4) is 0 Å². The quantitative estimate of drug-likeness (QED) is 0.474. The van der Waals surface area contributed by atoms with Crippen LogP contribution in [0, 0.1) is 0 Å². The van der Waals surface area contributed by atoms with Crippen LogP contribution in [-0.4, -0.2) is 51.6 Å². The number of hydrogen-bond donors (Lipinski definition) is 1. The number of carbonyl (C=O) groups excluding carboxylic acids is 3. The van der Waals surface area contributed by atoms with Gasteiger partial charge in [0, 0.05) is 13.2 Å². The van der Waals surface area contributed by atoms with Crippen LogP contribution in [0.15, 0.2) is 30.0 Å². The molecule has 0 bridgehead atoms. The normalized spacial score (nSPS) is 21.8. The van der Waals surface area contributed by atoms with Crippen LogP contribution in [0.1, 0.15) is 50.5 Å². The lowest BCUT2D eigenvalue weighted by Crippen LogP contribution is -2.47. The van der Waals surface area contributed by atoms with Gasteiger partial charge in [0.25, 0.3) is 5.91 Å². The van der Waals surface area contributed by atoms with Gasteiger partial charge in [0.15, 0.2) is 5.78 Å². The second-order valence-corrected chi connectivity index (χ2v) is 6.23. The van der Waals surface area contributed by atoms with E-state index in [1.807, 2.05) is 13.0 Å². The van der Waals surface area contributed by atoms with E-state index >= 15 is 0 Å². The summed E-state index contributed by atoms with van der Waals surface area (Å²) in [6.45, 7) is 5.48. The number of nitrogens with one attached hydrogen (secondary N) is 1. The van der Waals surface area contributed by atoms with Crippen LogP contribution < -0.4 is 0 Å². The van der Waals surface area contributed by atoms with Gasteiger partial charge in [-0.1, -0.05) is 19.4 Å². The molecule has 1 fully saturated rings. The molecule has 1 unspecified atom stereocenters. The van der Waals surface area contributed by atoms with Gasteiger partial charge in [-0.2, -0.15) is 0 Å². The summed E-state index contributed by atoms with van der Waals surface area (Å²) in [6.07, 6.45) is 6.26. The molecule has 6 heteroatoms. The number of hydrogen-bond acceptors (Lipinski definition) is 3. The van der Waals surface area contributed by atoms with Gasteiger partial charge in [-0.15, -0.1) is 0 Å². The molecular weight excluding hydrogens is 306 g/mol. The third-order valence-electron chi connectivity index (χ3n) is 4.82. The van der Waals surface area contributed by atoms with Crippen LogP contribution in [0.2, 0.25) is 0 Å². The first-order chi connectivity index (χ1) is 11.4. The number of ketones is 1. The van der Waals surface area contributed by atoms with Gasteiger partial charge in [0.05, 0.1) is 12.2 Å². The fraction of sp³-hybridized carbons (Fsp3) is 0.500. The molecule has 1 saturated heterocycles. The highest BCUT2D eigenvalue weighted by molar-refractivity contribution is 6.12. The van der Waals surface area contributed by atoms with Crippen molar-refractivity contribution in [3.05, 3.63) is 35.7 Å². The van der Waals surface area contributed by atoms with E-state index in [9.17, 15) is 14.4 Å². The number of urea groups is 1. The molecule has 0 aliphatic carbocycles. The predicted octanol–water partition coefficient (Wildman–Crippen LogP) is 2.99. The zero-order valence-electron chi connectivity index (χ0n) is 14.8. The van der Waals surface area contributed by atoms with Crippen molar-refractivity contribution in [3.63, 3.8) is 0 Å². The summed E-state index contributed by atoms with van der Waals surface area (Å²) in [7, 11) is 1.62. The van der Waals surface area contributed by atoms with E-state index in [1.54, 1.807) is 32.3 Å². The first kappa shape index (κ1) is 18.0. The number of amides is 3. The summed E-state index contributed by atoms with van der Waals surface area (Å²) >= 11 is 0. The highest BCUT2D eigenvalue weighted by atomic mass is 16.2. The van der Waals surface area contributed by atoms with Crippen molar-refractivity contribution in [2.45, 2.75) is 45.6 Å². The lowest BCUT2D eigenvalue weighted by Gasteiger charge is -2.31. The number of unbranched alkanes of at least 4 members (excludes halogenated alkanes) is 1. The summed E-state index contributed by atoms with van der Waals surface area (Å²) in [4.78, 5) is 43.1. The SMILES string of the molecule is C/C=C(\CCCC)C1(C)C(=O)N(CC(=O)c2ccc[nH]2)C(=O)N1C.